The topological polar surface area (TPSA) is 67.3 Å². The summed E-state index contributed by atoms with van der Waals surface area (Å²) in [6.45, 7) is 0. The molecule has 0 amide bonds. The summed E-state index contributed by atoms with van der Waals surface area (Å²) in [5, 5.41) is 0. The molecule has 1 heterocycles. The van der Waals surface area contributed by atoms with Crippen LogP contribution in [0.25, 0.3) is 1.43 Å². The molecule has 0 aliphatic rings. The molecule has 6 heteroatoms. The predicted molar refractivity (Wildman–Crippen MR) is 47.3 cm³/mol. The average molecular weight is 205 g/mol. The summed E-state index contributed by atoms with van der Waals surface area (Å²) in [5.74, 6) is 0. The van der Waals surface area contributed by atoms with Crippen LogP contribution in [0.15, 0.2) is 23.3 Å². The lowest BCUT2D eigenvalue weighted by molar-refractivity contribution is 0.108. The van der Waals surface area contributed by atoms with Gasteiger partial charge in [-0.1, -0.05) is 9.24 Å². The van der Waals surface area contributed by atoms with Crippen LogP contribution in [0.4, 0.5) is 0 Å². The van der Waals surface area contributed by atoms with Gasteiger partial charge in [-0.25, -0.2) is 4.21 Å². The summed E-state index contributed by atoms with van der Waals surface area (Å²) in [4.78, 5) is 14.6. The van der Waals surface area contributed by atoms with Gasteiger partial charge in [0.2, 0.25) is 1.43 Å². The lowest BCUT2D eigenvalue weighted by Crippen LogP contribution is -1.94. The molecule has 2 unspecified atom stereocenters. The first-order valence-electron chi connectivity index (χ1n) is 3.79. The SMILES string of the molecule is [2H]OS(=O)c1cnc([2H])c(C(=O)P)c1. The molecule has 1 aromatic heterocycles. The van der Waals surface area contributed by atoms with Crippen molar-refractivity contribution < 1.29 is 14.9 Å². The van der Waals surface area contributed by atoms with Crippen LogP contribution < -0.4 is 0 Å². The number of nitrogens with zero attached hydrogens (tertiary/aromatic N) is 1. The molecule has 0 bridgehead atoms. The maximum absolute atomic E-state index is 11.0. The minimum absolute atomic E-state index is 0.0258. The summed E-state index contributed by atoms with van der Waals surface area (Å²) in [6.07, 6.45) is 0.931. The molecule has 1 N–H and O–H groups in total. The van der Waals surface area contributed by atoms with E-state index in [0.29, 0.717) is 0 Å². The molecule has 2 atom stereocenters. The Kier molecular flexibility index (Phi) is 2.19. The summed E-state index contributed by atoms with van der Waals surface area (Å²) in [5.41, 5.74) is -0.399. The highest BCUT2D eigenvalue weighted by atomic mass is 32.2. The quantitative estimate of drug-likeness (QED) is 0.582. The molecule has 0 aliphatic heterocycles. The van der Waals surface area contributed by atoms with Gasteiger partial charge in [-0.3, -0.25) is 9.78 Å². The van der Waals surface area contributed by atoms with Crippen LogP contribution in [0.3, 0.4) is 0 Å². The van der Waals surface area contributed by atoms with Crippen molar-refractivity contribution in [3.05, 3.63) is 24.0 Å². The van der Waals surface area contributed by atoms with Gasteiger partial charge in [-0.15, -0.1) is 0 Å². The third kappa shape index (κ3) is 2.17. The fraction of sp³-hybridized carbons (Fsp3) is 0. The van der Waals surface area contributed by atoms with Gasteiger partial charge < -0.3 is 4.56 Å². The summed E-state index contributed by atoms with van der Waals surface area (Å²) in [6, 6.07) is 1.22. The standard InChI is InChI=1S/C6H6NO3PS/c8-6(11)4-1-5(12(9)10)3-7-2-4/h1-3H,11H2,(H,9,10)/i2D/hD. The van der Waals surface area contributed by atoms with E-state index in [9.17, 15) is 9.00 Å². The second kappa shape index (κ2) is 3.85. The molecule has 0 saturated carbocycles. The maximum atomic E-state index is 11.0. The molecule has 0 aromatic carbocycles. The summed E-state index contributed by atoms with van der Waals surface area (Å²) in [7, 11) is 1.89. The first kappa shape index (κ1) is 6.83. The molecular formula is C6H6NO3PS. The molecular weight excluding hydrogens is 197 g/mol. The molecule has 0 radical (unpaired) electrons. The third-order valence-corrected chi connectivity index (χ3v) is 2.04. The van der Waals surface area contributed by atoms with E-state index in [-0.39, 0.29) is 16.6 Å². The Hall–Kier alpha value is -0.640. The molecule has 1 rings (SSSR count). The molecule has 0 saturated heterocycles. The second-order valence-corrected chi connectivity index (χ2v) is 3.39. The van der Waals surface area contributed by atoms with E-state index >= 15 is 0 Å². The Morgan fingerprint density at radius 3 is 3.25 bits per heavy atom. The van der Waals surface area contributed by atoms with Gasteiger partial charge >= 0.3 is 0 Å². The lowest BCUT2D eigenvalue weighted by atomic mass is 10.3. The molecule has 4 nitrogen and oxygen atoms in total. The number of aromatic nitrogens is 1. The first-order chi connectivity index (χ1) is 6.56. The van der Waals surface area contributed by atoms with E-state index in [1.54, 1.807) is 0 Å². The summed E-state index contributed by atoms with van der Waals surface area (Å²) >= 11 is -1.97. The zero-order valence-corrected chi connectivity index (χ0v) is 7.78. The van der Waals surface area contributed by atoms with Crippen LogP contribution >= 0.6 is 9.24 Å². The van der Waals surface area contributed by atoms with Gasteiger partial charge in [0.1, 0.15) is 0 Å². The van der Waals surface area contributed by atoms with Crippen molar-refractivity contribution >= 4 is 25.8 Å². The van der Waals surface area contributed by atoms with Gasteiger partial charge in [0.25, 0.3) is 0 Å². The fourth-order valence-corrected chi connectivity index (χ4v) is 1.10. The van der Waals surface area contributed by atoms with Crippen LogP contribution in [0.1, 0.15) is 11.7 Å². The second-order valence-electron chi connectivity index (χ2n) is 1.93. The van der Waals surface area contributed by atoms with Gasteiger partial charge in [0, 0.05) is 17.9 Å². The van der Waals surface area contributed by atoms with E-state index in [1.807, 2.05) is 9.24 Å². The molecule has 0 fully saturated rings. The summed E-state index contributed by atoms with van der Waals surface area (Å²) < 4.78 is 28.5. The van der Waals surface area contributed by atoms with Gasteiger partial charge in [0.15, 0.2) is 16.6 Å². The molecule has 0 spiro atoms. The highest BCUT2D eigenvalue weighted by Crippen LogP contribution is 2.09. The van der Waals surface area contributed by atoms with E-state index in [0.717, 1.165) is 6.20 Å². The van der Waals surface area contributed by atoms with Crippen LogP contribution in [0.5, 0.6) is 0 Å². The number of rotatable bonds is 3. The predicted octanol–water partition coefficient (Wildman–Crippen LogP) is 0.677. The highest BCUT2D eigenvalue weighted by Gasteiger charge is 2.04. The number of hydrogen-bond donors (Lipinski definition) is 1. The van der Waals surface area contributed by atoms with Crippen molar-refractivity contribution in [3.8, 4) is 0 Å². The monoisotopic (exact) mass is 205 g/mol. The zero-order chi connectivity index (χ0) is 10.7. The van der Waals surface area contributed by atoms with Crippen LogP contribution in [-0.4, -0.2) is 19.3 Å². The van der Waals surface area contributed by atoms with Crippen LogP contribution in [-0.2, 0) is 11.1 Å². The minimum Gasteiger partial charge on any atom is -0.302 e. The Morgan fingerprint density at radius 1 is 1.92 bits per heavy atom. The van der Waals surface area contributed by atoms with E-state index in [1.165, 1.54) is 6.07 Å². The van der Waals surface area contributed by atoms with Crippen molar-refractivity contribution in [3.63, 3.8) is 0 Å². The highest BCUT2D eigenvalue weighted by molar-refractivity contribution is 7.79. The minimum atomic E-state index is -1.97. The maximum Gasteiger partial charge on any atom is 0.232 e. The Labute approximate surface area is 76.8 Å². The van der Waals surface area contributed by atoms with Crippen molar-refractivity contribution in [1.29, 1.82) is 1.43 Å². The molecule has 12 heavy (non-hydrogen) atoms. The van der Waals surface area contributed by atoms with Gasteiger partial charge in [-0.2, -0.15) is 0 Å². The van der Waals surface area contributed by atoms with Gasteiger partial charge in [-0.05, 0) is 6.07 Å². The largest absolute Gasteiger partial charge is 0.302 e. The van der Waals surface area contributed by atoms with E-state index in [4.69, 9.17) is 2.80 Å². The fourth-order valence-electron chi connectivity index (χ4n) is 0.595. The average Bonchev–Trinajstić information content (AvgIpc) is 2.17. The zero-order valence-electron chi connectivity index (χ0n) is 7.81. The first-order valence-corrected chi connectivity index (χ1v) is 4.53. The van der Waals surface area contributed by atoms with Crippen molar-refractivity contribution in [2.45, 2.75) is 4.90 Å². The van der Waals surface area contributed by atoms with Crippen molar-refractivity contribution in [2.24, 2.45) is 0 Å². The lowest BCUT2D eigenvalue weighted by Gasteiger charge is -1.96. The van der Waals surface area contributed by atoms with E-state index in [2.05, 4.69) is 9.54 Å². The molecule has 1 aromatic rings. The van der Waals surface area contributed by atoms with Gasteiger partial charge in [0.05, 0.1) is 6.27 Å². The van der Waals surface area contributed by atoms with Crippen molar-refractivity contribution in [1.82, 2.24) is 4.98 Å². The third-order valence-electron chi connectivity index (χ3n) is 1.12. The van der Waals surface area contributed by atoms with E-state index < -0.39 is 16.6 Å². The van der Waals surface area contributed by atoms with Crippen molar-refractivity contribution in [2.75, 3.05) is 0 Å². The Balaban J connectivity index is 3.19. The molecule has 0 aliphatic carbocycles. The van der Waals surface area contributed by atoms with Crippen LogP contribution in [0.2, 0.25) is 0 Å². The number of pyridine rings is 1. The normalized spacial score (nSPS) is 14.8. The Bertz CT molecular complexity index is 401. The molecule has 64 valence electrons. The number of carbonyl (C=O) groups is 1. The number of carbonyl (C=O) groups excluding carboxylic acids is 1. The van der Waals surface area contributed by atoms with Crippen LogP contribution in [0, 0.1) is 0 Å². The number of hydrogen-bond acceptors (Lipinski definition) is 4. The smallest absolute Gasteiger partial charge is 0.232 e. The Morgan fingerprint density at radius 2 is 2.67 bits per heavy atom.